The molecule has 5 nitrogen and oxygen atoms in total. The summed E-state index contributed by atoms with van der Waals surface area (Å²) >= 11 is 0. The number of rotatable bonds is 2. The first kappa shape index (κ1) is 9.93. The molecule has 0 spiro atoms. The Morgan fingerprint density at radius 2 is 2.31 bits per heavy atom. The molecule has 5 heteroatoms. The molecule has 0 bridgehead atoms. The van der Waals surface area contributed by atoms with Crippen molar-refractivity contribution in [3.8, 4) is 11.1 Å². The summed E-state index contributed by atoms with van der Waals surface area (Å²) in [5.41, 5.74) is 1.86. The Kier molecular flexibility index (Phi) is 2.40. The molecule has 2 aromatic rings. The number of carbonyl (C=O) groups is 1. The minimum Gasteiger partial charge on any atom is -0.478 e. The van der Waals surface area contributed by atoms with Crippen LogP contribution in [-0.4, -0.2) is 21.3 Å². The van der Waals surface area contributed by atoms with Crippen molar-refractivity contribution >= 4 is 11.7 Å². The molecule has 1 aromatic heterocycles. The van der Waals surface area contributed by atoms with E-state index in [0.29, 0.717) is 11.3 Å². The number of aromatic amines is 1. The highest BCUT2D eigenvalue weighted by Crippen LogP contribution is 2.30. The summed E-state index contributed by atoms with van der Waals surface area (Å²) in [7, 11) is 0. The molecule has 16 heavy (non-hydrogen) atoms. The summed E-state index contributed by atoms with van der Waals surface area (Å²) in [6.07, 6.45) is 3.24. The van der Waals surface area contributed by atoms with Gasteiger partial charge in [-0.2, -0.15) is 5.10 Å². The average molecular weight is 213 g/mol. The third kappa shape index (κ3) is 1.64. The zero-order valence-electron chi connectivity index (χ0n) is 8.14. The van der Waals surface area contributed by atoms with Crippen molar-refractivity contribution in [1.29, 1.82) is 0 Å². The molecular weight excluding hydrogens is 206 g/mol. The van der Waals surface area contributed by atoms with Crippen molar-refractivity contribution in [3.05, 3.63) is 47.6 Å². The summed E-state index contributed by atoms with van der Waals surface area (Å²) in [5, 5.41) is 15.2. The third-order valence-corrected chi connectivity index (χ3v) is 2.17. The smallest absolute Gasteiger partial charge is 0.334 e. The summed E-state index contributed by atoms with van der Waals surface area (Å²) < 4.78 is 0. The average Bonchev–Trinajstić information content (AvgIpc) is 2.81. The fourth-order valence-corrected chi connectivity index (χ4v) is 1.40. The number of carboxylic acids is 1. The van der Waals surface area contributed by atoms with E-state index in [0.717, 1.165) is 5.56 Å². The number of carboxylic acid groups (broad SMARTS) is 1. The van der Waals surface area contributed by atoms with Crippen molar-refractivity contribution in [2.24, 2.45) is 0 Å². The largest absolute Gasteiger partial charge is 0.478 e. The van der Waals surface area contributed by atoms with Crippen LogP contribution >= 0.6 is 0 Å². The third-order valence-electron chi connectivity index (χ3n) is 2.17. The Bertz CT molecular complexity index is 567. The lowest BCUT2D eigenvalue weighted by Crippen LogP contribution is -1.95. The standard InChI is InChI=1S/C11H7N3O2/c1-12-10-4-7(11(15)16)2-3-9(10)8-5-13-14-6-8/h2-6H,(H,13,14)(H,15,16). The van der Waals surface area contributed by atoms with Gasteiger partial charge in [0.15, 0.2) is 5.69 Å². The number of aromatic nitrogens is 2. The second-order valence-electron chi connectivity index (χ2n) is 3.14. The first-order valence-electron chi connectivity index (χ1n) is 4.46. The van der Waals surface area contributed by atoms with Crippen LogP contribution in [0.3, 0.4) is 0 Å². The van der Waals surface area contributed by atoms with E-state index >= 15 is 0 Å². The number of nitrogens with zero attached hydrogens (tertiary/aromatic N) is 2. The minimum atomic E-state index is -1.04. The van der Waals surface area contributed by atoms with Crippen LogP contribution < -0.4 is 0 Å². The van der Waals surface area contributed by atoms with E-state index in [9.17, 15) is 4.79 Å². The molecule has 2 rings (SSSR count). The topological polar surface area (TPSA) is 70.3 Å². The van der Waals surface area contributed by atoms with E-state index in [-0.39, 0.29) is 5.56 Å². The SMILES string of the molecule is [C-]#[N+]c1cc(C(=O)O)ccc1-c1cn[nH]c1. The lowest BCUT2D eigenvalue weighted by Gasteiger charge is -2.02. The first-order valence-corrected chi connectivity index (χ1v) is 4.46. The molecule has 0 saturated heterocycles. The Balaban J connectivity index is 2.57. The van der Waals surface area contributed by atoms with E-state index in [2.05, 4.69) is 15.0 Å². The van der Waals surface area contributed by atoms with Gasteiger partial charge in [0, 0.05) is 17.3 Å². The molecule has 0 fully saturated rings. The number of H-pyrrole nitrogens is 1. The summed E-state index contributed by atoms with van der Waals surface area (Å²) in [6.45, 7) is 7.03. The second-order valence-corrected chi connectivity index (χ2v) is 3.14. The zero-order valence-corrected chi connectivity index (χ0v) is 8.14. The molecule has 0 atom stereocenters. The van der Waals surface area contributed by atoms with Crippen LogP contribution in [0.5, 0.6) is 0 Å². The molecule has 1 heterocycles. The molecule has 0 aliphatic rings. The van der Waals surface area contributed by atoms with Crippen molar-refractivity contribution < 1.29 is 9.90 Å². The zero-order chi connectivity index (χ0) is 11.5. The quantitative estimate of drug-likeness (QED) is 0.752. The predicted molar refractivity (Wildman–Crippen MR) is 57.2 cm³/mol. The van der Waals surface area contributed by atoms with Gasteiger partial charge in [-0.1, -0.05) is 6.07 Å². The number of benzene rings is 1. The van der Waals surface area contributed by atoms with Gasteiger partial charge in [-0.25, -0.2) is 9.64 Å². The van der Waals surface area contributed by atoms with Gasteiger partial charge in [0.1, 0.15) is 0 Å². The maximum atomic E-state index is 10.7. The number of aromatic carboxylic acids is 1. The van der Waals surface area contributed by atoms with Crippen LogP contribution in [0, 0.1) is 6.57 Å². The predicted octanol–water partition coefficient (Wildman–Crippen LogP) is 2.33. The maximum absolute atomic E-state index is 10.7. The van der Waals surface area contributed by atoms with Gasteiger partial charge < -0.3 is 5.11 Å². The van der Waals surface area contributed by atoms with E-state index in [1.165, 1.54) is 12.1 Å². The van der Waals surface area contributed by atoms with Gasteiger partial charge in [-0.3, -0.25) is 5.10 Å². The molecule has 0 aliphatic heterocycles. The van der Waals surface area contributed by atoms with E-state index in [4.69, 9.17) is 11.7 Å². The maximum Gasteiger partial charge on any atom is 0.334 e. The van der Waals surface area contributed by atoms with E-state index in [1.807, 2.05) is 0 Å². The summed E-state index contributed by atoms with van der Waals surface area (Å²) in [4.78, 5) is 14.1. The molecule has 0 radical (unpaired) electrons. The monoisotopic (exact) mass is 213 g/mol. The summed E-state index contributed by atoms with van der Waals surface area (Å²) in [6, 6.07) is 4.44. The van der Waals surface area contributed by atoms with Gasteiger partial charge >= 0.3 is 5.97 Å². The van der Waals surface area contributed by atoms with Gasteiger partial charge in [0.25, 0.3) is 0 Å². The van der Waals surface area contributed by atoms with E-state index < -0.39 is 5.97 Å². The highest BCUT2D eigenvalue weighted by Gasteiger charge is 2.10. The fourth-order valence-electron chi connectivity index (χ4n) is 1.40. The van der Waals surface area contributed by atoms with Crippen LogP contribution in [0.4, 0.5) is 5.69 Å². The van der Waals surface area contributed by atoms with Crippen molar-refractivity contribution in [2.45, 2.75) is 0 Å². The van der Waals surface area contributed by atoms with Crippen LogP contribution in [0.1, 0.15) is 10.4 Å². The van der Waals surface area contributed by atoms with Gasteiger partial charge in [0.2, 0.25) is 0 Å². The first-order chi connectivity index (χ1) is 7.72. The molecule has 0 aliphatic carbocycles. The molecular formula is C11H7N3O2. The lowest BCUT2D eigenvalue weighted by atomic mass is 10.0. The molecule has 2 N–H and O–H groups in total. The molecule has 0 unspecified atom stereocenters. The van der Waals surface area contributed by atoms with Crippen molar-refractivity contribution in [2.75, 3.05) is 0 Å². The highest BCUT2D eigenvalue weighted by molar-refractivity contribution is 5.91. The van der Waals surface area contributed by atoms with Crippen molar-refractivity contribution in [1.82, 2.24) is 10.2 Å². The molecule has 1 aromatic carbocycles. The molecule has 0 amide bonds. The Morgan fingerprint density at radius 3 is 2.88 bits per heavy atom. The lowest BCUT2D eigenvalue weighted by molar-refractivity contribution is 0.0697. The Morgan fingerprint density at radius 1 is 1.50 bits per heavy atom. The Labute approximate surface area is 91.2 Å². The fraction of sp³-hybridized carbons (Fsp3) is 0. The summed E-state index contributed by atoms with van der Waals surface area (Å²) in [5.74, 6) is -1.04. The van der Waals surface area contributed by atoms with Crippen LogP contribution in [0.15, 0.2) is 30.6 Å². The highest BCUT2D eigenvalue weighted by atomic mass is 16.4. The minimum absolute atomic E-state index is 0.109. The van der Waals surface area contributed by atoms with Gasteiger partial charge in [-0.15, -0.1) is 0 Å². The van der Waals surface area contributed by atoms with Gasteiger partial charge in [-0.05, 0) is 17.7 Å². The van der Waals surface area contributed by atoms with Crippen molar-refractivity contribution in [3.63, 3.8) is 0 Å². The van der Waals surface area contributed by atoms with Crippen LogP contribution in [-0.2, 0) is 0 Å². The Hall–Kier alpha value is -2.61. The number of nitrogens with one attached hydrogen (secondary N) is 1. The van der Waals surface area contributed by atoms with Crippen LogP contribution in [0.2, 0.25) is 0 Å². The number of hydrogen-bond acceptors (Lipinski definition) is 2. The van der Waals surface area contributed by atoms with Gasteiger partial charge in [0.05, 0.1) is 12.8 Å². The molecule has 78 valence electrons. The number of hydrogen-bond donors (Lipinski definition) is 2. The normalized spacial score (nSPS) is 9.69. The second kappa shape index (κ2) is 3.87. The van der Waals surface area contributed by atoms with Crippen LogP contribution in [0.25, 0.3) is 16.0 Å². The van der Waals surface area contributed by atoms with E-state index in [1.54, 1.807) is 18.5 Å². The molecule has 0 saturated carbocycles.